The molecule has 5 fully saturated rings. The van der Waals surface area contributed by atoms with E-state index in [1.807, 2.05) is 52.0 Å². The Balaban J connectivity index is 1.23. The molecular weight excluding hydrogens is 776 g/mol. The van der Waals surface area contributed by atoms with Crippen LogP contribution in [0.2, 0.25) is 0 Å². The molecule has 60 heavy (non-hydrogen) atoms. The Morgan fingerprint density at radius 3 is 1.28 bits per heavy atom. The summed E-state index contributed by atoms with van der Waals surface area (Å²) < 4.78 is 47.4. The number of aliphatic hydroxyl groups is 4. The van der Waals surface area contributed by atoms with E-state index < -0.39 is 106 Å². The van der Waals surface area contributed by atoms with E-state index in [9.17, 15) is 30.0 Å². The number of hydrogen-bond acceptors (Lipinski definition) is 14. The van der Waals surface area contributed by atoms with Crippen LogP contribution in [0.15, 0.2) is 79.2 Å². The zero-order valence-corrected chi connectivity index (χ0v) is 36.0. The normalized spacial score (nSPS) is 42.5. The molecule has 5 aliphatic rings. The van der Waals surface area contributed by atoms with Crippen LogP contribution < -0.4 is 20.7 Å². The molecule has 14 nitrogen and oxygen atoms in total. The van der Waals surface area contributed by atoms with E-state index >= 15 is 0 Å². The molecule has 12 atom stereocenters. The van der Waals surface area contributed by atoms with Crippen LogP contribution in [0.4, 0.5) is 0 Å². The van der Waals surface area contributed by atoms with Gasteiger partial charge in [-0.15, -0.1) is 0 Å². The number of ether oxygens (including phenoxy) is 6. The van der Waals surface area contributed by atoms with Crippen LogP contribution in [-0.4, -0.2) is 95.1 Å². The maximum absolute atomic E-state index is 13.0. The van der Waals surface area contributed by atoms with Crippen molar-refractivity contribution in [2.45, 2.75) is 140 Å². The molecule has 2 aromatic rings. The van der Waals surface area contributed by atoms with Crippen LogP contribution in [0, 0.1) is 36.5 Å². The van der Waals surface area contributed by atoms with Crippen LogP contribution in [-0.2, 0) is 18.9 Å². The molecule has 1 saturated carbocycles. The lowest BCUT2D eigenvalue weighted by Crippen LogP contribution is -2.54. The summed E-state index contributed by atoms with van der Waals surface area (Å²) in [5.74, 6) is -0.237. The summed E-state index contributed by atoms with van der Waals surface area (Å²) in [6.45, 7) is 14.4. The fraction of sp³-hybridized carbons (Fsp3) is 0.609. The molecule has 6 heterocycles. The predicted molar refractivity (Wildman–Crippen MR) is 219 cm³/mol. The van der Waals surface area contributed by atoms with Gasteiger partial charge in [-0.2, -0.15) is 0 Å². The molecule has 7 rings (SSSR count). The summed E-state index contributed by atoms with van der Waals surface area (Å²) in [6, 6.07) is 2.58. The third-order valence-corrected chi connectivity index (χ3v) is 14.7. The van der Waals surface area contributed by atoms with Gasteiger partial charge in [0.2, 0.25) is 0 Å². The minimum absolute atomic E-state index is 0.365. The van der Waals surface area contributed by atoms with E-state index in [0.717, 1.165) is 0 Å². The number of fused-ring (bicyclic) bond motifs is 2. The average Bonchev–Trinajstić information content (AvgIpc) is 3.76. The zero-order valence-electron chi connectivity index (χ0n) is 36.0. The van der Waals surface area contributed by atoms with Crippen LogP contribution in [0.25, 0.3) is 0 Å². The number of rotatable bonds is 12. The first-order valence-electron chi connectivity index (χ1n) is 20.8. The standard InChI is InChI=1S/C46H60O14/c1-11-31-45(7,51)43(5)39(49)27(55-41(43)57-31)19-15-13-17-25-35(37-23(3)29(53-9)21-33(47)59-37)26(36(25)38-24(4)30(54-10)22-34(48)60-38)18-14-16-20-28-40(50)44(6)42(56-28)58-32(12-2)46(44,8)52/h13-22,25-28,31-32,35-36,39-42,49-52H,11-12H2,1-10H3. The first-order valence-corrected chi connectivity index (χ1v) is 20.8. The van der Waals surface area contributed by atoms with Crippen molar-refractivity contribution in [3.63, 3.8) is 0 Å². The van der Waals surface area contributed by atoms with Gasteiger partial charge >= 0.3 is 11.3 Å². The second kappa shape index (κ2) is 16.1. The van der Waals surface area contributed by atoms with Gasteiger partial charge in [0.25, 0.3) is 0 Å². The van der Waals surface area contributed by atoms with Gasteiger partial charge in [0.05, 0.1) is 61.6 Å². The topological polar surface area (TPSA) is 197 Å². The molecular formula is C46H60O14. The largest absolute Gasteiger partial charge is 0.496 e. The van der Waals surface area contributed by atoms with E-state index in [-0.39, 0.29) is 0 Å². The highest BCUT2D eigenvalue weighted by Crippen LogP contribution is 2.61. The van der Waals surface area contributed by atoms with E-state index in [2.05, 4.69) is 0 Å². The molecule has 0 amide bonds. The smallest absolute Gasteiger partial charge is 0.339 e. The maximum Gasteiger partial charge on any atom is 0.339 e. The van der Waals surface area contributed by atoms with Gasteiger partial charge in [-0.25, -0.2) is 9.59 Å². The second-order valence-corrected chi connectivity index (χ2v) is 17.7. The van der Waals surface area contributed by atoms with Crippen molar-refractivity contribution in [3.05, 3.63) is 104 Å². The molecule has 4 aliphatic heterocycles. The van der Waals surface area contributed by atoms with Crippen molar-refractivity contribution in [3.8, 4) is 11.5 Å². The number of aliphatic hydroxyl groups excluding tert-OH is 2. The van der Waals surface area contributed by atoms with Gasteiger partial charge in [0, 0.05) is 23.0 Å². The Bertz CT molecular complexity index is 2000. The fourth-order valence-corrected chi connectivity index (χ4v) is 10.5. The van der Waals surface area contributed by atoms with E-state index in [1.54, 1.807) is 52.0 Å². The van der Waals surface area contributed by atoms with Gasteiger partial charge < -0.3 is 57.7 Å². The molecule has 12 unspecified atom stereocenters. The van der Waals surface area contributed by atoms with Crippen molar-refractivity contribution in [1.29, 1.82) is 0 Å². The number of allylic oxidation sites excluding steroid dienone is 6. The van der Waals surface area contributed by atoms with Gasteiger partial charge in [-0.3, -0.25) is 0 Å². The van der Waals surface area contributed by atoms with Crippen LogP contribution in [0.1, 0.15) is 88.9 Å². The molecule has 4 saturated heterocycles. The van der Waals surface area contributed by atoms with E-state index in [1.165, 1.54) is 26.4 Å². The molecule has 0 aromatic carbocycles. The highest BCUT2D eigenvalue weighted by atomic mass is 16.7. The van der Waals surface area contributed by atoms with Crippen LogP contribution >= 0.6 is 0 Å². The molecule has 0 spiro atoms. The zero-order chi connectivity index (χ0) is 43.7. The van der Waals surface area contributed by atoms with Gasteiger partial charge in [-0.05, 0) is 66.2 Å². The Kier molecular flexibility index (Phi) is 11.9. The first kappa shape index (κ1) is 44.2. The second-order valence-electron chi connectivity index (χ2n) is 17.7. The molecule has 14 heteroatoms. The molecule has 0 radical (unpaired) electrons. The lowest BCUT2D eigenvalue weighted by atomic mass is 9.54. The van der Waals surface area contributed by atoms with Crippen molar-refractivity contribution in [2.75, 3.05) is 14.2 Å². The summed E-state index contributed by atoms with van der Waals surface area (Å²) in [5, 5.41) is 45.7. The van der Waals surface area contributed by atoms with E-state index in [0.29, 0.717) is 47.0 Å². The Morgan fingerprint density at radius 1 is 0.617 bits per heavy atom. The lowest BCUT2D eigenvalue weighted by molar-refractivity contribution is -0.144. The van der Waals surface area contributed by atoms with Crippen LogP contribution in [0.3, 0.4) is 0 Å². The van der Waals surface area contributed by atoms with Gasteiger partial charge in [-0.1, -0.05) is 62.5 Å². The minimum atomic E-state index is -1.32. The summed E-state index contributed by atoms with van der Waals surface area (Å²) in [5.41, 5.74) is -4.67. The van der Waals surface area contributed by atoms with Crippen molar-refractivity contribution >= 4 is 0 Å². The monoisotopic (exact) mass is 836 g/mol. The highest BCUT2D eigenvalue weighted by molar-refractivity contribution is 5.44. The van der Waals surface area contributed by atoms with Gasteiger partial charge in [0.1, 0.15) is 46.4 Å². The minimum Gasteiger partial charge on any atom is -0.496 e. The summed E-state index contributed by atoms with van der Waals surface area (Å²) in [4.78, 5) is 25.9. The molecule has 2 aromatic heterocycles. The average molecular weight is 837 g/mol. The summed E-state index contributed by atoms with van der Waals surface area (Å²) in [7, 11) is 2.96. The Labute approximate surface area is 350 Å². The quantitative estimate of drug-likeness (QED) is 0.212. The molecule has 0 bridgehead atoms. The molecule has 1 aliphatic carbocycles. The fourth-order valence-electron chi connectivity index (χ4n) is 10.5. The van der Waals surface area contributed by atoms with Crippen LogP contribution in [0.5, 0.6) is 11.5 Å². The summed E-state index contributed by atoms with van der Waals surface area (Å²) in [6.07, 6.45) is 9.33. The molecule has 328 valence electrons. The third kappa shape index (κ3) is 6.61. The van der Waals surface area contributed by atoms with Gasteiger partial charge in [0.15, 0.2) is 12.6 Å². The predicted octanol–water partition coefficient (Wildman–Crippen LogP) is 4.87. The Morgan fingerprint density at radius 2 is 0.967 bits per heavy atom. The maximum atomic E-state index is 13.0. The number of methoxy groups -OCH3 is 2. The van der Waals surface area contributed by atoms with E-state index in [4.69, 9.17) is 37.3 Å². The lowest BCUT2D eigenvalue weighted by Gasteiger charge is -2.49. The first-order chi connectivity index (χ1) is 28.3. The third-order valence-electron chi connectivity index (χ3n) is 14.7. The highest BCUT2D eigenvalue weighted by Gasteiger charge is 2.70. The summed E-state index contributed by atoms with van der Waals surface area (Å²) >= 11 is 0. The number of hydrogen-bond donors (Lipinski definition) is 4. The molecule has 4 N–H and O–H groups in total. The Hall–Kier alpha value is -3.86. The van der Waals surface area contributed by atoms with Crippen molar-refractivity contribution in [1.82, 2.24) is 0 Å². The van der Waals surface area contributed by atoms with Crippen molar-refractivity contribution in [2.24, 2.45) is 22.7 Å². The SMILES string of the molecule is CCC1OC2OC(C=CC=CC3C(c4oc(=O)cc(OC)c4C)C(C=CC=CC4OC5OC(CC)C(C)(O)C5(C)C4O)C3c3oc(=O)cc(OC)c3C)C(O)C2(C)C1(C)O. The van der Waals surface area contributed by atoms with Crippen molar-refractivity contribution < 1.29 is 57.7 Å².